The number of hydrogen-bond donors (Lipinski definition) is 1. The van der Waals surface area contributed by atoms with Gasteiger partial charge in [-0.15, -0.1) is 0 Å². The SMILES string of the molecule is O=C(Nc1ccncc1)c1ccn(-c2ccc(F)cc2)n1. The van der Waals surface area contributed by atoms with Crippen molar-refractivity contribution in [2.24, 2.45) is 0 Å². The number of amides is 1. The zero-order chi connectivity index (χ0) is 14.7. The number of nitrogens with zero attached hydrogens (tertiary/aromatic N) is 3. The molecule has 0 fully saturated rings. The number of carbonyl (C=O) groups excluding carboxylic acids is 1. The minimum absolute atomic E-state index is 0.274. The molecule has 0 aliphatic carbocycles. The molecule has 2 aromatic heterocycles. The molecular formula is C15H11FN4O. The average Bonchev–Trinajstić information content (AvgIpc) is 2.99. The highest BCUT2D eigenvalue weighted by Crippen LogP contribution is 2.10. The lowest BCUT2D eigenvalue weighted by Crippen LogP contribution is -2.13. The number of anilines is 1. The number of hydrogen-bond acceptors (Lipinski definition) is 3. The first-order chi connectivity index (χ1) is 10.2. The van der Waals surface area contributed by atoms with E-state index in [9.17, 15) is 9.18 Å². The Morgan fingerprint density at radius 1 is 1.05 bits per heavy atom. The molecule has 0 aliphatic rings. The van der Waals surface area contributed by atoms with Gasteiger partial charge in [0.25, 0.3) is 5.91 Å². The van der Waals surface area contributed by atoms with Crippen LogP contribution in [0.4, 0.5) is 10.1 Å². The molecule has 3 aromatic rings. The Bertz CT molecular complexity index is 753. The first-order valence-electron chi connectivity index (χ1n) is 6.25. The topological polar surface area (TPSA) is 59.8 Å². The van der Waals surface area contributed by atoms with Gasteiger partial charge in [0, 0.05) is 24.3 Å². The number of aromatic nitrogens is 3. The Kier molecular flexibility index (Phi) is 3.42. The smallest absolute Gasteiger partial charge is 0.276 e. The fourth-order valence-corrected chi connectivity index (χ4v) is 1.81. The van der Waals surface area contributed by atoms with Gasteiger partial charge in [-0.05, 0) is 42.5 Å². The number of halogens is 1. The lowest BCUT2D eigenvalue weighted by Gasteiger charge is -2.02. The summed E-state index contributed by atoms with van der Waals surface area (Å²) < 4.78 is 14.4. The maximum Gasteiger partial charge on any atom is 0.276 e. The molecule has 21 heavy (non-hydrogen) atoms. The van der Waals surface area contributed by atoms with Crippen LogP contribution in [0.3, 0.4) is 0 Å². The second-order valence-corrected chi connectivity index (χ2v) is 4.31. The first kappa shape index (κ1) is 13.0. The van der Waals surface area contributed by atoms with E-state index in [2.05, 4.69) is 15.4 Å². The minimum atomic E-state index is -0.318. The van der Waals surface area contributed by atoms with E-state index in [-0.39, 0.29) is 17.4 Å². The summed E-state index contributed by atoms with van der Waals surface area (Å²) in [6.07, 6.45) is 4.83. The molecule has 1 N–H and O–H groups in total. The van der Waals surface area contributed by atoms with Crippen molar-refractivity contribution in [1.82, 2.24) is 14.8 Å². The number of benzene rings is 1. The third-order valence-corrected chi connectivity index (χ3v) is 2.85. The Morgan fingerprint density at radius 2 is 1.76 bits per heavy atom. The highest BCUT2D eigenvalue weighted by Gasteiger charge is 2.10. The van der Waals surface area contributed by atoms with E-state index in [1.54, 1.807) is 48.9 Å². The Labute approximate surface area is 120 Å². The van der Waals surface area contributed by atoms with Crippen LogP contribution < -0.4 is 5.32 Å². The molecule has 0 bridgehead atoms. The van der Waals surface area contributed by atoms with Crippen LogP contribution in [0.5, 0.6) is 0 Å². The molecule has 0 spiro atoms. The molecule has 3 rings (SSSR count). The van der Waals surface area contributed by atoms with Crippen molar-refractivity contribution in [3.8, 4) is 5.69 Å². The average molecular weight is 282 g/mol. The number of rotatable bonds is 3. The quantitative estimate of drug-likeness (QED) is 0.803. The summed E-state index contributed by atoms with van der Waals surface area (Å²) in [7, 11) is 0. The lowest BCUT2D eigenvalue weighted by molar-refractivity contribution is 0.102. The van der Waals surface area contributed by atoms with Crippen LogP contribution >= 0.6 is 0 Å². The van der Waals surface area contributed by atoms with Crippen molar-refractivity contribution < 1.29 is 9.18 Å². The molecule has 0 saturated carbocycles. The van der Waals surface area contributed by atoms with Gasteiger partial charge in [0.15, 0.2) is 5.69 Å². The summed E-state index contributed by atoms with van der Waals surface area (Å²) in [6, 6.07) is 10.8. The van der Waals surface area contributed by atoms with E-state index in [0.29, 0.717) is 11.4 Å². The molecule has 0 unspecified atom stereocenters. The van der Waals surface area contributed by atoms with E-state index in [4.69, 9.17) is 0 Å². The third-order valence-electron chi connectivity index (χ3n) is 2.85. The van der Waals surface area contributed by atoms with Crippen LogP contribution in [0.25, 0.3) is 5.69 Å². The monoisotopic (exact) mass is 282 g/mol. The predicted octanol–water partition coefficient (Wildman–Crippen LogP) is 2.66. The van der Waals surface area contributed by atoms with Gasteiger partial charge in [-0.2, -0.15) is 5.10 Å². The molecular weight excluding hydrogens is 271 g/mol. The van der Waals surface area contributed by atoms with Crippen molar-refractivity contribution in [2.45, 2.75) is 0 Å². The fraction of sp³-hybridized carbons (Fsp3) is 0. The molecule has 0 radical (unpaired) electrons. The van der Waals surface area contributed by atoms with Crippen LogP contribution in [0.15, 0.2) is 61.1 Å². The molecule has 104 valence electrons. The zero-order valence-corrected chi connectivity index (χ0v) is 10.9. The molecule has 0 aliphatic heterocycles. The largest absolute Gasteiger partial charge is 0.320 e. The lowest BCUT2D eigenvalue weighted by atomic mass is 10.3. The van der Waals surface area contributed by atoms with Gasteiger partial charge in [0.2, 0.25) is 0 Å². The predicted molar refractivity (Wildman–Crippen MR) is 75.7 cm³/mol. The van der Waals surface area contributed by atoms with Crippen molar-refractivity contribution in [3.05, 3.63) is 72.6 Å². The third kappa shape index (κ3) is 2.94. The van der Waals surface area contributed by atoms with Crippen LogP contribution in [0, 0.1) is 5.82 Å². The van der Waals surface area contributed by atoms with E-state index in [1.807, 2.05) is 0 Å². The van der Waals surface area contributed by atoms with Crippen molar-refractivity contribution >= 4 is 11.6 Å². The number of pyridine rings is 1. The standard InChI is InChI=1S/C15H11FN4O/c16-11-1-3-13(4-2-11)20-10-7-14(19-20)15(21)18-12-5-8-17-9-6-12/h1-10H,(H,17,18,21). The summed E-state index contributed by atoms with van der Waals surface area (Å²) in [6.45, 7) is 0. The van der Waals surface area contributed by atoms with Gasteiger partial charge in [-0.3, -0.25) is 9.78 Å². The second kappa shape index (κ2) is 5.54. The van der Waals surface area contributed by atoms with Crippen molar-refractivity contribution in [1.29, 1.82) is 0 Å². The highest BCUT2D eigenvalue weighted by molar-refractivity contribution is 6.02. The second-order valence-electron chi connectivity index (χ2n) is 4.31. The van der Waals surface area contributed by atoms with Crippen LogP contribution in [0.2, 0.25) is 0 Å². The molecule has 1 amide bonds. The van der Waals surface area contributed by atoms with Gasteiger partial charge in [0.1, 0.15) is 5.82 Å². The number of nitrogens with one attached hydrogen (secondary N) is 1. The van der Waals surface area contributed by atoms with Crippen molar-refractivity contribution in [2.75, 3.05) is 5.32 Å². The van der Waals surface area contributed by atoms with E-state index in [1.165, 1.54) is 16.8 Å². The van der Waals surface area contributed by atoms with Crippen LogP contribution in [0.1, 0.15) is 10.5 Å². The Morgan fingerprint density at radius 3 is 2.48 bits per heavy atom. The van der Waals surface area contributed by atoms with E-state index < -0.39 is 0 Å². The van der Waals surface area contributed by atoms with Crippen molar-refractivity contribution in [3.63, 3.8) is 0 Å². The normalized spacial score (nSPS) is 10.3. The molecule has 0 atom stereocenters. The molecule has 1 aromatic carbocycles. The highest BCUT2D eigenvalue weighted by atomic mass is 19.1. The van der Waals surface area contributed by atoms with Gasteiger partial charge in [-0.25, -0.2) is 9.07 Å². The van der Waals surface area contributed by atoms with E-state index >= 15 is 0 Å². The maximum atomic E-state index is 12.9. The Hall–Kier alpha value is -3.02. The van der Waals surface area contributed by atoms with E-state index in [0.717, 1.165) is 0 Å². The molecule has 0 saturated heterocycles. The molecule has 5 nitrogen and oxygen atoms in total. The molecule has 2 heterocycles. The zero-order valence-electron chi connectivity index (χ0n) is 10.9. The summed E-state index contributed by atoms with van der Waals surface area (Å²) in [5, 5.41) is 6.89. The maximum absolute atomic E-state index is 12.9. The van der Waals surface area contributed by atoms with Gasteiger partial charge in [0.05, 0.1) is 5.69 Å². The minimum Gasteiger partial charge on any atom is -0.320 e. The Balaban J connectivity index is 1.78. The van der Waals surface area contributed by atoms with Crippen LogP contribution in [-0.4, -0.2) is 20.7 Å². The summed E-state index contributed by atoms with van der Waals surface area (Å²) >= 11 is 0. The first-order valence-corrected chi connectivity index (χ1v) is 6.25. The fourth-order valence-electron chi connectivity index (χ4n) is 1.81. The molecule has 6 heteroatoms. The van der Waals surface area contributed by atoms with Gasteiger partial charge < -0.3 is 5.32 Å². The summed E-state index contributed by atoms with van der Waals surface area (Å²) in [5.41, 5.74) is 1.60. The summed E-state index contributed by atoms with van der Waals surface area (Å²) in [5.74, 6) is -0.636. The van der Waals surface area contributed by atoms with Crippen LogP contribution in [-0.2, 0) is 0 Å². The summed E-state index contributed by atoms with van der Waals surface area (Å²) in [4.78, 5) is 15.9. The number of carbonyl (C=O) groups is 1. The van der Waals surface area contributed by atoms with Gasteiger partial charge in [-0.1, -0.05) is 0 Å². The van der Waals surface area contributed by atoms with Gasteiger partial charge >= 0.3 is 0 Å².